The second-order valence-electron chi connectivity index (χ2n) is 7.46. The number of benzene rings is 2. The van der Waals surface area contributed by atoms with Gasteiger partial charge in [0.05, 0.1) is 6.26 Å². The summed E-state index contributed by atoms with van der Waals surface area (Å²) in [5, 5.41) is 3.05. The molecule has 0 fully saturated rings. The van der Waals surface area contributed by atoms with Gasteiger partial charge in [-0.1, -0.05) is 61.5 Å². The molecule has 5 nitrogen and oxygen atoms in total. The molecule has 1 aromatic heterocycles. The molecule has 0 saturated heterocycles. The van der Waals surface area contributed by atoms with Gasteiger partial charge in [-0.2, -0.15) is 0 Å². The fourth-order valence-electron chi connectivity index (χ4n) is 3.78. The van der Waals surface area contributed by atoms with Crippen molar-refractivity contribution >= 4 is 11.8 Å². The third-order valence-corrected chi connectivity index (χ3v) is 5.50. The number of furan rings is 1. The van der Waals surface area contributed by atoms with Gasteiger partial charge in [-0.05, 0) is 34.7 Å². The summed E-state index contributed by atoms with van der Waals surface area (Å²) < 4.78 is 5.30. The van der Waals surface area contributed by atoms with Crippen LogP contribution in [0.2, 0.25) is 0 Å². The van der Waals surface area contributed by atoms with Gasteiger partial charge in [0.2, 0.25) is 5.91 Å². The summed E-state index contributed by atoms with van der Waals surface area (Å²) in [4.78, 5) is 27.7. The number of nitrogens with one attached hydrogen (secondary N) is 1. The Kier molecular flexibility index (Phi) is 5.47. The van der Waals surface area contributed by atoms with Crippen LogP contribution in [0.25, 0.3) is 0 Å². The van der Waals surface area contributed by atoms with E-state index in [-0.39, 0.29) is 23.5 Å². The summed E-state index contributed by atoms with van der Waals surface area (Å²) >= 11 is 0. The monoisotopic (exact) mass is 388 g/mol. The molecule has 0 unspecified atom stereocenters. The van der Waals surface area contributed by atoms with Crippen molar-refractivity contribution in [2.45, 2.75) is 31.8 Å². The largest absolute Gasteiger partial charge is 0.459 e. The summed E-state index contributed by atoms with van der Waals surface area (Å²) in [7, 11) is 0. The van der Waals surface area contributed by atoms with Gasteiger partial charge in [-0.3, -0.25) is 9.59 Å². The zero-order valence-corrected chi connectivity index (χ0v) is 16.4. The molecule has 148 valence electrons. The van der Waals surface area contributed by atoms with Crippen LogP contribution in [0.1, 0.15) is 40.1 Å². The lowest BCUT2D eigenvalue weighted by atomic mass is 9.93. The van der Waals surface area contributed by atoms with Crippen LogP contribution in [-0.4, -0.2) is 29.3 Å². The first-order valence-electron chi connectivity index (χ1n) is 9.87. The molecule has 2 atom stereocenters. The van der Waals surface area contributed by atoms with Gasteiger partial charge in [0.1, 0.15) is 6.04 Å². The summed E-state index contributed by atoms with van der Waals surface area (Å²) in [5.74, 6) is 0.0352. The van der Waals surface area contributed by atoms with Crippen LogP contribution in [-0.2, 0) is 17.8 Å². The first kappa shape index (κ1) is 19.0. The Balaban J connectivity index is 1.52. The van der Waals surface area contributed by atoms with Crippen molar-refractivity contribution in [2.24, 2.45) is 0 Å². The average Bonchev–Trinajstić information content (AvgIpc) is 3.31. The molecule has 5 heteroatoms. The Morgan fingerprint density at radius 1 is 1.03 bits per heavy atom. The minimum Gasteiger partial charge on any atom is -0.459 e. The lowest BCUT2D eigenvalue weighted by Crippen LogP contribution is -2.53. The minimum atomic E-state index is -0.564. The summed E-state index contributed by atoms with van der Waals surface area (Å²) in [6.07, 6.45) is 1.97. The highest BCUT2D eigenvalue weighted by Gasteiger charge is 2.35. The van der Waals surface area contributed by atoms with Gasteiger partial charge in [0, 0.05) is 19.5 Å². The van der Waals surface area contributed by atoms with E-state index in [1.807, 2.05) is 42.5 Å². The van der Waals surface area contributed by atoms with Crippen molar-refractivity contribution in [3.8, 4) is 0 Å². The quantitative estimate of drug-likeness (QED) is 0.724. The van der Waals surface area contributed by atoms with Crippen LogP contribution in [0.5, 0.6) is 0 Å². The molecule has 1 aliphatic rings. The molecule has 4 rings (SSSR count). The van der Waals surface area contributed by atoms with Crippen molar-refractivity contribution in [1.82, 2.24) is 10.2 Å². The van der Waals surface area contributed by atoms with Gasteiger partial charge in [-0.25, -0.2) is 0 Å². The van der Waals surface area contributed by atoms with Gasteiger partial charge < -0.3 is 14.6 Å². The molecule has 2 amide bonds. The van der Waals surface area contributed by atoms with E-state index in [0.717, 1.165) is 11.1 Å². The molecule has 0 bridgehead atoms. The van der Waals surface area contributed by atoms with Crippen molar-refractivity contribution in [2.75, 3.05) is 6.54 Å². The molecule has 2 heterocycles. The maximum absolute atomic E-state index is 13.1. The SMILES string of the molecule is C[C@@H](CNC(=O)[C@@H]1Cc2ccccc2CN1C(=O)c1ccco1)c1ccccc1. The van der Waals surface area contributed by atoms with Gasteiger partial charge in [0.15, 0.2) is 5.76 Å². The van der Waals surface area contributed by atoms with Crippen LogP contribution < -0.4 is 5.32 Å². The number of hydrogen-bond acceptors (Lipinski definition) is 3. The van der Waals surface area contributed by atoms with Gasteiger partial charge in [-0.15, -0.1) is 0 Å². The number of amides is 2. The topological polar surface area (TPSA) is 62.6 Å². The van der Waals surface area contributed by atoms with E-state index >= 15 is 0 Å². The van der Waals surface area contributed by atoms with E-state index in [9.17, 15) is 9.59 Å². The minimum absolute atomic E-state index is 0.137. The zero-order valence-electron chi connectivity index (χ0n) is 16.4. The molecule has 0 radical (unpaired) electrons. The van der Waals surface area contributed by atoms with Crippen molar-refractivity contribution < 1.29 is 14.0 Å². The Hall–Kier alpha value is -3.34. The fraction of sp³-hybridized carbons (Fsp3) is 0.250. The average molecular weight is 388 g/mol. The molecular weight excluding hydrogens is 364 g/mol. The summed E-state index contributed by atoms with van der Waals surface area (Å²) in [6.45, 7) is 2.99. The summed E-state index contributed by atoms with van der Waals surface area (Å²) in [6, 6.07) is 20.8. The second kappa shape index (κ2) is 8.35. The maximum Gasteiger partial charge on any atom is 0.290 e. The molecule has 0 spiro atoms. The predicted molar refractivity (Wildman–Crippen MR) is 110 cm³/mol. The Morgan fingerprint density at radius 2 is 1.76 bits per heavy atom. The van der Waals surface area contributed by atoms with E-state index in [2.05, 4.69) is 24.4 Å². The normalized spacial score (nSPS) is 16.7. The molecular formula is C24H24N2O3. The predicted octanol–water partition coefficient (Wildman–Crippen LogP) is 3.77. The molecule has 1 N–H and O–H groups in total. The van der Waals surface area contributed by atoms with Gasteiger partial charge in [0.25, 0.3) is 5.91 Å². The Morgan fingerprint density at radius 3 is 2.48 bits per heavy atom. The van der Waals surface area contributed by atoms with E-state index < -0.39 is 6.04 Å². The van der Waals surface area contributed by atoms with E-state index in [0.29, 0.717) is 19.5 Å². The van der Waals surface area contributed by atoms with Crippen LogP contribution in [0.15, 0.2) is 77.4 Å². The van der Waals surface area contributed by atoms with E-state index in [4.69, 9.17) is 4.42 Å². The molecule has 0 saturated carbocycles. The van der Waals surface area contributed by atoms with Crippen LogP contribution in [0.4, 0.5) is 0 Å². The van der Waals surface area contributed by atoms with Crippen LogP contribution in [0, 0.1) is 0 Å². The standard InChI is InChI=1S/C24H24N2O3/c1-17(18-8-3-2-4-9-18)15-25-23(27)21-14-19-10-5-6-11-20(19)16-26(21)24(28)22-12-7-13-29-22/h2-13,17,21H,14-16H2,1H3,(H,25,27)/t17-,21-/m0/s1. The number of hydrogen-bond donors (Lipinski definition) is 1. The Labute approximate surface area is 170 Å². The van der Waals surface area contributed by atoms with Crippen molar-refractivity contribution in [3.63, 3.8) is 0 Å². The maximum atomic E-state index is 13.1. The van der Waals surface area contributed by atoms with Crippen LogP contribution >= 0.6 is 0 Å². The van der Waals surface area contributed by atoms with Crippen LogP contribution in [0.3, 0.4) is 0 Å². The highest BCUT2D eigenvalue weighted by atomic mass is 16.3. The number of carbonyl (C=O) groups is 2. The fourth-order valence-corrected chi connectivity index (χ4v) is 3.78. The zero-order chi connectivity index (χ0) is 20.2. The molecule has 29 heavy (non-hydrogen) atoms. The number of rotatable bonds is 5. The van der Waals surface area contributed by atoms with E-state index in [1.165, 1.54) is 11.8 Å². The van der Waals surface area contributed by atoms with E-state index in [1.54, 1.807) is 17.0 Å². The number of fused-ring (bicyclic) bond motifs is 1. The number of nitrogens with zero attached hydrogens (tertiary/aromatic N) is 1. The highest BCUT2D eigenvalue weighted by molar-refractivity contribution is 5.96. The lowest BCUT2D eigenvalue weighted by molar-refractivity contribution is -0.126. The third-order valence-electron chi connectivity index (χ3n) is 5.50. The van der Waals surface area contributed by atoms with Gasteiger partial charge >= 0.3 is 0 Å². The first-order chi connectivity index (χ1) is 14.1. The Bertz CT molecular complexity index is 982. The first-order valence-corrected chi connectivity index (χ1v) is 9.87. The summed E-state index contributed by atoms with van der Waals surface area (Å²) in [5.41, 5.74) is 3.34. The number of carbonyl (C=O) groups excluding carboxylic acids is 2. The molecule has 2 aromatic carbocycles. The molecule has 0 aliphatic carbocycles. The van der Waals surface area contributed by atoms with Crippen molar-refractivity contribution in [1.29, 1.82) is 0 Å². The third kappa shape index (κ3) is 4.09. The molecule has 1 aliphatic heterocycles. The van der Waals surface area contributed by atoms with Crippen molar-refractivity contribution in [3.05, 3.63) is 95.4 Å². The lowest BCUT2D eigenvalue weighted by Gasteiger charge is -2.35. The smallest absolute Gasteiger partial charge is 0.290 e. The highest BCUT2D eigenvalue weighted by Crippen LogP contribution is 2.25. The second-order valence-corrected chi connectivity index (χ2v) is 7.46. The molecule has 3 aromatic rings.